The highest BCUT2D eigenvalue weighted by molar-refractivity contribution is 7.18. The van der Waals surface area contributed by atoms with Gasteiger partial charge in [0, 0.05) is 17.9 Å². The van der Waals surface area contributed by atoms with E-state index in [2.05, 4.69) is 36.5 Å². The number of hydrogen-bond acceptors (Lipinski definition) is 5. The highest BCUT2D eigenvalue weighted by Gasteiger charge is 2.16. The molecule has 1 amide bonds. The summed E-state index contributed by atoms with van der Waals surface area (Å²) < 4.78 is 6.29. The standard InChI is InChI=1S/C25H18N2O3S/c1-15-8-10-16(11-9-15)14-21-27-23-19(6-3-7-20(23)31-21)26-25(29)18-5-2-4-17-12-13-22(28)30-24(17)18/h2-13H,14H2,1H3,(H,26,29). The van der Waals surface area contributed by atoms with Crippen LogP contribution in [0.15, 0.2) is 82.0 Å². The second kappa shape index (κ2) is 7.81. The molecule has 152 valence electrons. The Morgan fingerprint density at radius 1 is 1.00 bits per heavy atom. The van der Waals surface area contributed by atoms with Crippen molar-refractivity contribution in [1.29, 1.82) is 0 Å². The van der Waals surface area contributed by atoms with Gasteiger partial charge in [0.15, 0.2) is 5.58 Å². The number of carbonyl (C=O) groups is 1. The molecule has 5 nitrogen and oxygen atoms in total. The lowest BCUT2D eigenvalue weighted by Gasteiger charge is -2.07. The number of fused-ring (bicyclic) bond motifs is 2. The summed E-state index contributed by atoms with van der Waals surface area (Å²) in [5, 5.41) is 4.62. The molecule has 0 unspecified atom stereocenters. The molecule has 0 atom stereocenters. The van der Waals surface area contributed by atoms with Crippen LogP contribution in [-0.2, 0) is 6.42 Å². The van der Waals surface area contributed by atoms with Crippen molar-refractivity contribution in [3.8, 4) is 0 Å². The molecule has 3 aromatic carbocycles. The van der Waals surface area contributed by atoms with Crippen LogP contribution in [0, 0.1) is 6.92 Å². The summed E-state index contributed by atoms with van der Waals surface area (Å²) in [6, 6.07) is 22.3. The number of hydrogen-bond donors (Lipinski definition) is 1. The van der Waals surface area contributed by atoms with Gasteiger partial charge in [-0.05, 0) is 36.8 Å². The zero-order chi connectivity index (χ0) is 21.4. The van der Waals surface area contributed by atoms with Gasteiger partial charge in [-0.3, -0.25) is 4.79 Å². The van der Waals surface area contributed by atoms with E-state index in [9.17, 15) is 9.59 Å². The average molecular weight is 426 g/mol. The summed E-state index contributed by atoms with van der Waals surface area (Å²) in [5.74, 6) is -0.347. The van der Waals surface area contributed by atoms with Crippen molar-refractivity contribution in [2.24, 2.45) is 0 Å². The maximum atomic E-state index is 13.0. The van der Waals surface area contributed by atoms with Crippen molar-refractivity contribution < 1.29 is 9.21 Å². The Kier molecular flexibility index (Phi) is 4.84. The van der Waals surface area contributed by atoms with E-state index >= 15 is 0 Å². The van der Waals surface area contributed by atoms with E-state index < -0.39 is 5.63 Å². The lowest BCUT2D eigenvalue weighted by molar-refractivity contribution is 0.102. The molecule has 0 spiro atoms. The molecule has 0 saturated heterocycles. The second-order valence-electron chi connectivity index (χ2n) is 7.35. The smallest absolute Gasteiger partial charge is 0.336 e. The molecule has 0 radical (unpaired) electrons. The number of aromatic nitrogens is 1. The predicted octanol–water partition coefficient (Wildman–Crippen LogP) is 5.55. The highest BCUT2D eigenvalue weighted by atomic mass is 32.1. The molecular formula is C25H18N2O3S. The Balaban J connectivity index is 1.47. The molecule has 0 aliphatic heterocycles. The molecule has 5 aromatic rings. The van der Waals surface area contributed by atoms with E-state index in [0.29, 0.717) is 16.6 Å². The van der Waals surface area contributed by atoms with E-state index in [1.807, 2.05) is 18.2 Å². The molecule has 2 heterocycles. The summed E-state index contributed by atoms with van der Waals surface area (Å²) in [4.78, 5) is 29.5. The summed E-state index contributed by atoms with van der Waals surface area (Å²) >= 11 is 1.62. The van der Waals surface area contributed by atoms with Crippen LogP contribution < -0.4 is 10.9 Å². The Hall–Kier alpha value is -3.77. The monoisotopic (exact) mass is 426 g/mol. The first kappa shape index (κ1) is 19.2. The van der Waals surface area contributed by atoms with Crippen molar-refractivity contribution in [2.75, 3.05) is 5.32 Å². The van der Waals surface area contributed by atoms with Gasteiger partial charge in [0.05, 0.1) is 21.0 Å². The molecule has 0 fully saturated rings. The quantitative estimate of drug-likeness (QED) is 0.382. The first-order valence-corrected chi connectivity index (χ1v) is 10.7. The van der Waals surface area contributed by atoms with Gasteiger partial charge >= 0.3 is 5.63 Å². The zero-order valence-corrected chi connectivity index (χ0v) is 17.5. The van der Waals surface area contributed by atoms with Crippen molar-refractivity contribution in [3.63, 3.8) is 0 Å². The van der Waals surface area contributed by atoms with E-state index in [0.717, 1.165) is 21.6 Å². The van der Waals surface area contributed by atoms with E-state index in [4.69, 9.17) is 9.40 Å². The Labute approximate surface area is 182 Å². The normalized spacial score (nSPS) is 11.1. The third-order valence-corrected chi connectivity index (χ3v) is 6.10. The maximum absolute atomic E-state index is 13.0. The van der Waals surface area contributed by atoms with Crippen molar-refractivity contribution in [3.05, 3.63) is 105 Å². The summed E-state index contributed by atoms with van der Waals surface area (Å²) in [5.41, 5.74) is 3.90. The predicted molar refractivity (Wildman–Crippen MR) is 124 cm³/mol. The van der Waals surface area contributed by atoms with Gasteiger partial charge in [0.1, 0.15) is 5.52 Å². The number of nitrogens with zero attached hydrogens (tertiary/aromatic N) is 1. The zero-order valence-electron chi connectivity index (χ0n) is 16.7. The Morgan fingerprint density at radius 2 is 1.81 bits per heavy atom. The molecule has 2 aromatic heterocycles. The number of thiazole rings is 1. The van der Waals surface area contributed by atoms with E-state index in [1.54, 1.807) is 35.6 Å². The van der Waals surface area contributed by atoms with Gasteiger partial charge in [-0.15, -0.1) is 11.3 Å². The fraction of sp³-hybridized carbons (Fsp3) is 0.0800. The molecule has 6 heteroatoms. The SMILES string of the molecule is Cc1ccc(Cc2nc3c(NC(=O)c4cccc5ccc(=O)oc45)cccc3s2)cc1. The van der Waals surface area contributed by atoms with Crippen molar-refractivity contribution in [2.45, 2.75) is 13.3 Å². The number of amides is 1. The maximum Gasteiger partial charge on any atom is 0.336 e. The summed E-state index contributed by atoms with van der Waals surface area (Å²) in [6.45, 7) is 2.07. The number of carbonyl (C=O) groups excluding carboxylic acids is 1. The fourth-order valence-corrected chi connectivity index (χ4v) is 4.54. The highest BCUT2D eigenvalue weighted by Crippen LogP contribution is 2.30. The molecule has 0 aliphatic rings. The van der Waals surface area contributed by atoms with Crippen LogP contribution in [0.4, 0.5) is 5.69 Å². The minimum absolute atomic E-state index is 0.276. The van der Waals surface area contributed by atoms with Crippen LogP contribution in [0.3, 0.4) is 0 Å². The first-order chi connectivity index (χ1) is 15.1. The van der Waals surface area contributed by atoms with Crippen molar-refractivity contribution in [1.82, 2.24) is 4.98 Å². The van der Waals surface area contributed by atoms with Crippen LogP contribution in [0.25, 0.3) is 21.2 Å². The number of benzene rings is 3. The summed E-state index contributed by atoms with van der Waals surface area (Å²) in [7, 11) is 0. The van der Waals surface area contributed by atoms with E-state index in [1.165, 1.54) is 17.2 Å². The van der Waals surface area contributed by atoms with Crippen molar-refractivity contribution >= 4 is 44.1 Å². The molecule has 0 saturated carbocycles. The minimum atomic E-state index is -0.491. The number of aryl methyl sites for hydroxylation is 1. The number of anilines is 1. The average Bonchev–Trinajstić information content (AvgIpc) is 3.18. The molecule has 5 rings (SSSR count). The summed E-state index contributed by atoms with van der Waals surface area (Å²) in [6.07, 6.45) is 0.738. The third kappa shape index (κ3) is 3.85. The minimum Gasteiger partial charge on any atom is -0.422 e. The topological polar surface area (TPSA) is 72.2 Å². The van der Waals surface area contributed by atoms with Gasteiger partial charge in [-0.1, -0.05) is 48.0 Å². The fourth-order valence-electron chi connectivity index (χ4n) is 3.51. The van der Waals surface area contributed by atoms with Crippen LogP contribution in [-0.4, -0.2) is 10.9 Å². The molecular weight excluding hydrogens is 408 g/mol. The van der Waals surface area contributed by atoms with Gasteiger partial charge < -0.3 is 9.73 Å². The van der Waals surface area contributed by atoms with Crippen LogP contribution in [0.5, 0.6) is 0 Å². The molecule has 0 aliphatic carbocycles. The number of rotatable bonds is 4. The van der Waals surface area contributed by atoms with Gasteiger partial charge in [0.2, 0.25) is 0 Å². The lowest BCUT2D eigenvalue weighted by Crippen LogP contribution is -2.13. The molecule has 31 heavy (non-hydrogen) atoms. The Bertz CT molecular complexity index is 1480. The lowest BCUT2D eigenvalue weighted by atomic mass is 10.1. The number of para-hydroxylation sites is 2. The van der Waals surface area contributed by atoms with Crippen LogP contribution in [0.2, 0.25) is 0 Å². The molecule has 0 bridgehead atoms. The third-order valence-electron chi connectivity index (χ3n) is 5.08. The van der Waals surface area contributed by atoms with Crippen LogP contribution in [0.1, 0.15) is 26.5 Å². The first-order valence-electron chi connectivity index (χ1n) is 9.85. The molecule has 1 N–H and O–H groups in total. The van der Waals surface area contributed by atoms with Crippen LogP contribution >= 0.6 is 11.3 Å². The van der Waals surface area contributed by atoms with Gasteiger partial charge in [0.25, 0.3) is 5.91 Å². The second-order valence-corrected chi connectivity index (χ2v) is 8.47. The van der Waals surface area contributed by atoms with Gasteiger partial charge in [-0.25, -0.2) is 9.78 Å². The van der Waals surface area contributed by atoms with Gasteiger partial charge in [-0.2, -0.15) is 0 Å². The van der Waals surface area contributed by atoms with E-state index in [-0.39, 0.29) is 11.5 Å². The largest absolute Gasteiger partial charge is 0.422 e. The Morgan fingerprint density at radius 3 is 2.65 bits per heavy atom. The number of nitrogens with one attached hydrogen (secondary N) is 1.